The van der Waals surface area contributed by atoms with Crippen LogP contribution >= 0.6 is 0 Å². The minimum absolute atomic E-state index is 0.110. The van der Waals surface area contributed by atoms with Crippen molar-refractivity contribution < 1.29 is 28.5 Å². The number of amides is 1. The summed E-state index contributed by atoms with van der Waals surface area (Å²) in [6, 6.07) is 10.7. The van der Waals surface area contributed by atoms with Crippen molar-refractivity contribution in [2.45, 2.75) is 13.3 Å². The molecule has 27 heavy (non-hydrogen) atoms. The lowest BCUT2D eigenvalue weighted by atomic mass is 10.1. The first-order valence-electron chi connectivity index (χ1n) is 8.27. The van der Waals surface area contributed by atoms with Gasteiger partial charge in [0.15, 0.2) is 18.1 Å². The summed E-state index contributed by atoms with van der Waals surface area (Å²) in [5.74, 6) is 0.289. The molecule has 0 aromatic heterocycles. The molecule has 144 valence electrons. The van der Waals surface area contributed by atoms with E-state index in [1.165, 1.54) is 21.3 Å². The predicted molar refractivity (Wildman–Crippen MR) is 101 cm³/mol. The zero-order chi connectivity index (χ0) is 19.8. The van der Waals surface area contributed by atoms with Crippen LogP contribution in [0.3, 0.4) is 0 Å². The van der Waals surface area contributed by atoms with Crippen molar-refractivity contribution in [2.75, 3.05) is 33.3 Å². The van der Waals surface area contributed by atoms with Gasteiger partial charge in [0.1, 0.15) is 0 Å². The Labute approximate surface area is 158 Å². The van der Waals surface area contributed by atoms with E-state index >= 15 is 0 Å². The molecule has 2 aromatic carbocycles. The molecule has 0 heterocycles. The number of rotatable bonds is 8. The summed E-state index contributed by atoms with van der Waals surface area (Å²) in [4.78, 5) is 24.0. The van der Waals surface area contributed by atoms with Crippen molar-refractivity contribution in [1.29, 1.82) is 0 Å². The van der Waals surface area contributed by atoms with Gasteiger partial charge in [-0.25, -0.2) is 0 Å². The fourth-order valence-electron chi connectivity index (χ4n) is 2.54. The fraction of sp³-hybridized carbons (Fsp3) is 0.300. The third kappa shape index (κ3) is 5.64. The van der Waals surface area contributed by atoms with Gasteiger partial charge < -0.3 is 24.3 Å². The Kier molecular flexibility index (Phi) is 7.05. The first-order valence-corrected chi connectivity index (χ1v) is 8.27. The number of anilines is 1. The van der Waals surface area contributed by atoms with E-state index < -0.39 is 11.9 Å². The average molecular weight is 373 g/mol. The topological polar surface area (TPSA) is 83.1 Å². The van der Waals surface area contributed by atoms with Gasteiger partial charge in [0, 0.05) is 17.8 Å². The van der Waals surface area contributed by atoms with Crippen molar-refractivity contribution in [3.05, 3.63) is 47.5 Å². The lowest BCUT2D eigenvalue weighted by molar-refractivity contribution is -0.146. The molecule has 0 aliphatic rings. The standard InChI is InChI=1S/C20H23NO6/c1-13-6-5-7-14(8-13)9-19(23)27-12-18(22)21-15-10-16(24-2)20(26-4)17(11-15)25-3/h5-8,10-11H,9,12H2,1-4H3,(H,21,22). The van der Waals surface area contributed by atoms with E-state index in [0.717, 1.165) is 11.1 Å². The molecule has 1 amide bonds. The lowest BCUT2D eigenvalue weighted by Gasteiger charge is -2.14. The Morgan fingerprint density at radius 2 is 1.63 bits per heavy atom. The highest BCUT2D eigenvalue weighted by Crippen LogP contribution is 2.39. The number of carbonyl (C=O) groups is 2. The summed E-state index contributed by atoms with van der Waals surface area (Å²) < 4.78 is 20.7. The van der Waals surface area contributed by atoms with Crippen LogP contribution in [-0.2, 0) is 20.7 Å². The third-order valence-electron chi connectivity index (χ3n) is 3.74. The number of hydrogen-bond acceptors (Lipinski definition) is 6. The van der Waals surface area contributed by atoms with Crippen LogP contribution in [0.2, 0.25) is 0 Å². The Balaban J connectivity index is 1.94. The van der Waals surface area contributed by atoms with Crippen molar-refractivity contribution in [3.8, 4) is 17.2 Å². The van der Waals surface area contributed by atoms with Crippen molar-refractivity contribution in [3.63, 3.8) is 0 Å². The minimum atomic E-state index is -0.472. The van der Waals surface area contributed by atoms with E-state index in [2.05, 4.69) is 5.32 Å². The SMILES string of the molecule is COc1cc(NC(=O)COC(=O)Cc2cccc(C)c2)cc(OC)c1OC. The van der Waals surface area contributed by atoms with Crippen LogP contribution in [0.1, 0.15) is 11.1 Å². The molecule has 0 saturated carbocycles. The first-order chi connectivity index (χ1) is 13.0. The number of methoxy groups -OCH3 is 3. The molecule has 2 rings (SSSR count). The van der Waals surface area contributed by atoms with E-state index in [1.807, 2.05) is 31.2 Å². The largest absolute Gasteiger partial charge is 0.493 e. The number of esters is 1. The van der Waals surface area contributed by atoms with Gasteiger partial charge in [-0.1, -0.05) is 29.8 Å². The molecule has 0 fully saturated rings. The maximum absolute atomic E-state index is 12.1. The minimum Gasteiger partial charge on any atom is -0.493 e. The molecule has 0 atom stereocenters. The molecular weight excluding hydrogens is 350 g/mol. The second-order valence-electron chi connectivity index (χ2n) is 5.79. The second kappa shape index (κ2) is 9.47. The van der Waals surface area contributed by atoms with Crippen LogP contribution in [0.25, 0.3) is 0 Å². The Hall–Kier alpha value is -3.22. The van der Waals surface area contributed by atoms with Gasteiger partial charge in [-0.05, 0) is 12.5 Å². The molecule has 0 aliphatic carbocycles. The number of carbonyl (C=O) groups excluding carboxylic acids is 2. The van der Waals surface area contributed by atoms with Crippen LogP contribution in [-0.4, -0.2) is 39.8 Å². The predicted octanol–water partition coefficient (Wildman–Crippen LogP) is 2.75. The highest BCUT2D eigenvalue weighted by Gasteiger charge is 2.15. The molecule has 0 radical (unpaired) electrons. The van der Waals surface area contributed by atoms with Crippen molar-refractivity contribution >= 4 is 17.6 Å². The summed E-state index contributed by atoms with van der Waals surface area (Å²) in [6.07, 6.45) is 0.110. The quantitative estimate of drug-likeness (QED) is 0.717. The molecule has 0 saturated heterocycles. The molecule has 0 aliphatic heterocycles. The van der Waals surface area contributed by atoms with Crippen LogP contribution < -0.4 is 19.5 Å². The highest BCUT2D eigenvalue weighted by atomic mass is 16.5. The summed E-state index contributed by atoms with van der Waals surface area (Å²) in [5.41, 5.74) is 2.33. The summed E-state index contributed by atoms with van der Waals surface area (Å²) in [6.45, 7) is 1.56. The number of aryl methyl sites for hydroxylation is 1. The maximum atomic E-state index is 12.1. The van der Waals surface area contributed by atoms with Gasteiger partial charge in [0.25, 0.3) is 5.91 Å². The van der Waals surface area contributed by atoms with Gasteiger partial charge in [-0.15, -0.1) is 0 Å². The molecule has 0 spiro atoms. The van der Waals surface area contributed by atoms with Gasteiger partial charge in [0.05, 0.1) is 27.8 Å². The monoisotopic (exact) mass is 373 g/mol. The molecule has 1 N–H and O–H groups in total. The molecular formula is C20H23NO6. The molecule has 7 heteroatoms. The van der Waals surface area contributed by atoms with E-state index in [1.54, 1.807) is 12.1 Å². The molecule has 7 nitrogen and oxygen atoms in total. The Bertz CT molecular complexity index is 793. The van der Waals surface area contributed by atoms with E-state index in [9.17, 15) is 9.59 Å². The van der Waals surface area contributed by atoms with E-state index in [0.29, 0.717) is 22.9 Å². The summed E-state index contributed by atoms with van der Waals surface area (Å²) >= 11 is 0. The maximum Gasteiger partial charge on any atom is 0.310 e. The third-order valence-corrected chi connectivity index (χ3v) is 3.74. The van der Waals surface area contributed by atoms with Gasteiger partial charge in [-0.3, -0.25) is 9.59 Å². The normalized spacial score (nSPS) is 10.1. The number of hydrogen-bond donors (Lipinski definition) is 1. The highest BCUT2D eigenvalue weighted by molar-refractivity contribution is 5.93. The van der Waals surface area contributed by atoms with Crippen LogP contribution in [0.15, 0.2) is 36.4 Å². The van der Waals surface area contributed by atoms with Gasteiger partial charge >= 0.3 is 5.97 Å². The lowest BCUT2D eigenvalue weighted by Crippen LogP contribution is -2.21. The molecule has 0 unspecified atom stereocenters. The molecule has 0 bridgehead atoms. The number of nitrogens with one attached hydrogen (secondary N) is 1. The first kappa shape index (κ1) is 20.1. The van der Waals surface area contributed by atoms with Gasteiger partial charge in [0.2, 0.25) is 5.75 Å². The summed E-state index contributed by atoms with van der Waals surface area (Å²) in [5, 5.41) is 2.64. The van der Waals surface area contributed by atoms with E-state index in [-0.39, 0.29) is 13.0 Å². The van der Waals surface area contributed by atoms with Crippen LogP contribution in [0.4, 0.5) is 5.69 Å². The molecule has 2 aromatic rings. The zero-order valence-electron chi connectivity index (χ0n) is 15.8. The van der Waals surface area contributed by atoms with E-state index in [4.69, 9.17) is 18.9 Å². The number of benzene rings is 2. The van der Waals surface area contributed by atoms with Gasteiger partial charge in [-0.2, -0.15) is 0 Å². The fourth-order valence-corrected chi connectivity index (χ4v) is 2.54. The number of ether oxygens (including phenoxy) is 4. The smallest absolute Gasteiger partial charge is 0.310 e. The summed E-state index contributed by atoms with van der Waals surface area (Å²) in [7, 11) is 4.46. The van der Waals surface area contributed by atoms with Crippen LogP contribution in [0, 0.1) is 6.92 Å². The van der Waals surface area contributed by atoms with Crippen molar-refractivity contribution in [2.24, 2.45) is 0 Å². The second-order valence-corrected chi connectivity index (χ2v) is 5.79. The Morgan fingerprint density at radius 3 is 2.19 bits per heavy atom. The average Bonchev–Trinajstić information content (AvgIpc) is 2.65. The zero-order valence-corrected chi connectivity index (χ0v) is 15.8. The van der Waals surface area contributed by atoms with Crippen molar-refractivity contribution in [1.82, 2.24) is 0 Å². The Morgan fingerprint density at radius 1 is 0.963 bits per heavy atom. The van der Waals surface area contributed by atoms with Crippen LogP contribution in [0.5, 0.6) is 17.2 Å².